The van der Waals surface area contributed by atoms with Crippen molar-refractivity contribution in [2.45, 2.75) is 46.2 Å². The molecule has 1 amide bonds. The van der Waals surface area contributed by atoms with E-state index in [2.05, 4.69) is 64.8 Å². The predicted octanol–water partition coefficient (Wildman–Crippen LogP) is 3.79. The Morgan fingerprint density at radius 1 is 1.25 bits per heavy atom. The maximum absolute atomic E-state index is 13.1. The summed E-state index contributed by atoms with van der Waals surface area (Å²) >= 11 is 0. The van der Waals surface area contributed by atoms with Crippen molar-refractivity contribution in [3.63, 3.8) is 0 Å². The fourth-order valence-corrected chi connectivity index (χ4v) is 4.99. The first kappa shape index (κ1) is 19.2. The van der Waals surface area contributed by atoms with Crippen molar-refractivity contribution >= 4 is 5.91 Å². The lowest BCUT2D eigenvalue weighted by atomic mass is 9.87. The van der Waals surface area contributed by atoms with E-state index in [1.165, 1.54) is 11.1 Å². The second-order valence-corrected chi connectivity index (χ2v) is 8.93. The van der Waals surface area contributed by atoms with Crippen LogP contribution in [-0.4, -0.2) is 45.3 Å². The molecule has 1 N–H and O–H groups in total. The molecular formula is C23H32N4O. The van der Waals surface area contributed by atoms with E-state index < -0.39 is 0 Å². The van der Waals surface area contributed by atoms with Crippen LogP contribution in [0.1, 0.15) is 49.7 Å². The zero-order valence-electron chi connectivity index (χ0n) is 17.3. The molecule has 5 heteroatoms. The lowest BCUT2D eigenvalue weighted by Gasteiger charge is -2.31. The number of imidazole rings is 1. The fourth-order valence-electron chi connectivity index (χ4n) is 4.99. The highest BCUT2D eigenvalue weighted by molar-refractivity contribution is 5.77. The van der Waals surface area contributed by atoms with Gasteiger partial charge in [0.15, 0.2) is 0 Å². The topological polar surface area (TPSA) is 52.2 Å². The molecule has 28 heavy (non-hydrogen) atoms. The van der Waals surface area contributed by atoms with Gasteiger partial charge in [-0.1, -0.05) is 38.1 Å². The van der Waals surface area contributed by atoms with Crippen LogP contribution in [0.4, 0.5) is 0 Å². The van der Waals surface area contributed by atoms with Crippen LogP contribution >= 0.6 is 0 Å². The standard InChI is InChI=1S/C23H32N4O/c1-16(2)8-9-22(28)27-13-18-12-26(15-21-24-10-11-25-21)14-20(18)23(27)19-7-5-4-6-17(19)3/h4-7,10-11,16,18,20,23H,8-9,12-15H2,1-3H3,(H,24,25)/t18-,20-,23+/m0/s1. The van der Waals surface area contributed by atoms with Crippen LogP contribution in [0.5, 0.6) is 0 Å². The van der Waals surface area contributed by atoms with Gasteiger partial charge >= 0.3 is 0 Å². The van der Waals surface area contributed by atoms with Crippen molar-refractivity contribution in [2.75, 3.05) is 19.6 Å². The number of hydrogen-bond donors (Lipinski definition) is 1. The van der Waals surface area contributed by atoms with Gasteiger partial charge in [-0.05, 0) is 36.3 Å². The first-order chi connectivity index (χ1) is 13.5. The number of fused-ring (bicyclic) bond motifs is 1. The second-order valence-electron chi connectivity index (χ2n) is 8.93. The normalized spacial score (nSPS) is 24.9. The monoisotopic (exact) mass is 380 g/mol. The minimum Gasteiger partial charge on any atom is -0.348 e. The molecule has 2 aliphatic heterocycles. The molecule has 0 bridgehead atoms. The van der Waals surface area contributed by atoms with Gasteiger partial charge in [-0.2, -0.15) is 0 Å². The number of hydrogen-bond acceptors (Lipinski definition) is 3. The number of benzene rings is 1. The Labute approximate surface area is 168 Å². The molecule has 150 valence electrons. The average molecular weight is 381 g/mol. The van der Waals surface area contributed by atoms with E-state index in [1.807, 2.05) is 12.4 Å². The molecule has 0 saturated carbocycles. The van der Waals surface area contributed by atoms with E-state index in [0.29, 0.717) is 30.1 Å². The van der Waals surface area contributed by atoms with E-state index in [-0.39, 0.29) is 6.04 Å². The Morgan fingerprint density at radius 3 is 2.79 bits per heavy atom. The highest BCUT2D eigenvalue weighted by Gasteiger charge is 2.49. The summed E-state index contributed by atoms with van der Waals surface area (Å²) in [6.07, 6.45) is 5.33. The summed E-state index contributed by atoms with van der Waals surface area (Å²) in [7, 11) is 0. The molecule has 2 aliphatic rings. The number of rotatable bonds is 6. The summed E-state index contributed by atoms with van der Waals surface area (Å²) in [5.41, 5.74) is 2.62. The van der Waals surface area contributed by atoms with E-state index in [4.69, 9.17) is 0 Å². The number of likely N-dealkylation sites (tertiary alicyclic amines) is 2. The Balaban J connectivity index is 1.55. The minimum absolute atomic E-state index is 0.201. The Morgan fingerprint density at radius 2 is 2.07 bits per heavy atom. The average Bonchev–Trinajstić information content (AvgIpc) is 3.37. The maximum atomic E-state index is 13.1. The van der Waals surface area contributed by atoms with E-state index >= 15 is 0 Å². The van der Waals surface area contributed by atoms with Gasteiger partial charge in [-0.25, -0.2) is 4.98 Å². The molecule has 0 radical (unpaired) electrons. The highest BCUT2D eigenvalue weighted by Crippen LogP contribution is 2.46. The van der Waals surface area contributed by atoms with Gasteiger partial charge in [0, 0.05) is 44.4 Å². The molecule has 4 rings (SSSR count). The van der Waals surface area contributed by atoms with Crippen molar-refractivity contribution in [3.05, 3.63) is 53.6 Å². The Bertz CT molecular complexity index is 801. The SMILES string of the molecule is Cc1ccccc1[C@@H]1[C@H]2CN(Cc3ncc[nH]3)C[C@H]2CN1C(=O)CCC(C)C. The van der Waals surface area contributed by atoms with Gasteiger partial charge in [0.25, 0.3) is 0 Å². The van der Waals surface area contributed by atoms with E-state index in [1.54, 1.807) is 0 Å². The van der Waals surface area contributed by atoms with E-state index in [0.717, 1.165) is 38.4 Å². The molecule has 0 aliphatic carbocycles. The van der Waals surface area contributed by atoms with Gasteiger partial charge in [0.2, 0.25) is 5.91 Å². The zero-order chi connectivity index (χ0) is 19.7. The molecule has 2 aromatic rings. The van der Waals surface area contributed by atoms with Crippen molar-refractivity contribution in [3.8, 4) is 0 Å². The molecular weight excluding hydrogens is 348 g/mol. The predicted molar refractivity (Wildman–Crippen MR) is 111 cm³/mol. The van der Waals surface area contributed by atoms with Crippen LogP contribution in [-0.2, 0) is 11.3 Å². The molecule has 2 saturated heterocycles. The summed E-state index contributed by atoms with van der Waals surface area (Å²) in [6.45, 7) is 10.4. The third-order valence-electron chi connectivity index (χ3n) is 6.43. The van der Waals surface area contributed by atoms with Crippen LogP contribution in [0.25, 0.3) is 0 Å². The molecule has 0 unspecified atom stereocenters. The zero-order valence-corrected chi connectivity index (χ0v) is 17.3. The molecule has 3 heterocycles. The first-order valence-corrected chi connectivity index (χ1v) is 10.6. The van der Waals surface area contributed by atoms with Crippen molar-refractivity contribution in [1.82, 2.24) is 19.8 Å². The van der Waals surface area contributed by atoms with Crippen molar-refractivity contribution < 1.29 is 4.79 Å². The van der Waals surface area contributed by atoms with E-state index in [9.17, 15) is 4.79 Å². The van der Waals surface area contributed by atoms with Crippen molar-refractivity contribution in [2.24, 2.45) is 17.8 Å². The van der Waals surface area contributed by atoms with Crippen LogP contribution in [0.3, 0.4) is 0 Å². The summed E-state index contributed by atoms with van der Waals surface area (Å²) in [4.78, 5) is 25.4. The van der Waals surface area contributed by atoms with Gasteiger partial charge in [0.1, 0.15) is 5.82 Å². The number of nitrogens with zero attached hydrogens (tertiary/aromatic N) is 3. The van der Waals surface area contributed by atoms with Gasteiger partial charge < -0.3 is 9.88 Å². The largest absolute Gasteiger partial charge is 0.348 e. The Hall–Kier alpha value is -2.14. The molecule has 5 nitrogen and oxygen atoms in total. The van der Waals surface area contributed by atoms with Crippen LogP contribution in [0.2, 0.25) is 0 Å². The van der Waals surface area contributed by atoms with Crippen LogP contribution in [0, 0.1) is 24.7 Å². The number of H-pyrrole nitrogens is 1. The van der Waals surface area contributed by atoms with Crippen LogP contribution < -0.4 is 0 Å². The smallest absolute Gasteiger partial charge is 0.223 e. The molecule has 0 spiro atoms. The summed E-state index contributed by atoms with van der Waals surface area (Å²) < 4.78 is 0. The fraction of sp³-hybridized carbons (Fsp3) is 0.565. The lowest BCUT2D eigenvalue weighted by Crippen LogP contribution is -2.36. The third kappa shape index (κ3) is 3.86. The Kier molecular flexibility index (Phi) is 5.54. The van der Waals surface area contributed by atoms with Crippen molar-refractivity contribution in [1.29, 1.82) is 0 Å². The summed E-state index contributed by atoms with van der Waals surface area (Å²) in [5.74, 6) is 2.96. The number of aryl methyl sites for hydroxylation is 1. The first-order valence-electron chi connectivity index (χ1n) is 10.6. The molecule has 2 fully saturated rings. The van der Waals surface area contributed by atoms with Gasteiger partial charge in [0.05, 0.1) is 12.6 Å². The number of carbonyl (C=O) groups is 1. The highest BCUT2D eigenvalue weighted by atomic mass is 16.2. The number of carbonyl (C=O) groups excluding carboxylic acids is 1. The second kappa shape index (κ2) is 8.08. The third-order valence-corrected chi connectivity index (χ3v) is 6.43. The summed E-state index contributed by atoms with van der Waals surface area (Å²) in [5, 5.41) is 0. The minimum atomic E-state index is 0.201. The van der Waals surface area contributed by atoms with Gasteiger partial charge in [-0.3, -0.25) is 9.69 Å². The number of aromatic nitrogens is 2. The molecule has 1 aromatic carbocycles. The summed E-state index contributed by atoms with van der Waals surface area (Å²) in [6, 6.07) is 8.80. The number of amides is 1. The number of aromatic amines is 1. The quantitative estimate of drug-likeness (QED) is 0.830. The lowest BCUT2D eigenvalue weighted by molar-refractivity contribution is -0.133. The van der Waals surface area contributed by atoms with Crippen LogP contribution in [0.15, 0.2) is 36.7 Å². The maximum Gasteiger partial charge on any atom is 0.223 e. The molecule has 1 aromatic heterocycles. The number of nitrogens with one attached hydrogen (secondary N) is 1. The molecule has 3 atom stereocenters. The van der Waals surface area contributed by atoms with Gasteiger partial charge in [-0.15, -0.1) is 0 Å².